The molecule has 33 heavy (non-hydrogen) atoms. The van der Waals surface area contributed by atoms with Gasteiger partial charge in [-0.2, -0.15) is 13.2 Å². The molecule has 1 aliphatic heterocycles. The Bertz CT molecular complexity index is 998. The quantitative estimate of drug-likeness (QED) is 0.519. The lowest BCUT2D eigenvalue weighted by molar-refractivity contribution is -0.138. The number of carboxylic acids is 1. The Hall–Kier alpha value is -2.78. The van der Waals surface area contributed by atoms with Gasteiger partial charge < -0.3 is 20.1 Å². The fraction of sp³-hybridized carbons (Fsp3) is 0.391. The maximum Gasteiger partial charge on any atom is 0.416 e. The molecule has 1 aliphatic rings. The number of rotatable bonds is 9. The zero-order valence-electron chi connectivity index (χ0n) is 18.1. The molecule has 0 atom stereocenters. The molecule has 0 aromatic heterocycles. The molecule has 0 aliphatic carbocycles. The number of halogens is 4. The van der Waals surface area contributed by atoms with Crippen LogP contribution in [-0.4, -0.2) is 36.6 Å². The van der Waals surface area contributed by atoms with Crippen LogP contribution in [0.1, 0.15) is 35.6 Å². The lowest BCUT2D eigenvalue weighted by Crippen LogP contribution is -2.37. The van der Waals surface area contributed by atoms with Crippen LogP contribution in [0.3, 0.4) is 0 Å². The van der Waals surface area contributed by atoms with E-state index < -0.39 is 17.7 Å². The van der Waals surface area contributed by atoms with Gasteiger partial charge in [0.25, 0.3) is 0 Å². The fourth-order valence-electron chi connectivity index (χ4n) is 3.67. The molecule has 10 heteroatoms. The predicted molar refractivity (Wildman–Crippen MR) is 120 cm³/mol. The van der Waals surface area contributed by atoms with Gasteiger partial charge in [-0.25, -0.2) is 0 Å². The van der Waals surface area contributed by atoms with Crippen molar-refractivity contribution in [1.29, 1.82) is 0 Å². The lowest BCUT2D eigenvalue weighted by atomic mass is 10.0. The Kier molecular flexibility index (Phi) is 9.13. The normalized spacial score (nSPS) is 12.8. The van der Waals surface area contributed by atoms with E-state index in [2.05, 4.69) is 5.32 Å². The van der Waals surface area contributed by atoms with Gasteiger partial charge in [0.15, 0.2) is 0 Å². The number of aliphatic carboxylic acids is 1. The Labute approximate surface area is 196 Å². The summed E-state index contributed by atoms with van der Waals surface area (Å²) in [6.07, 6.45) is -3.54. The molecule has 0 spiro atoms. The van der Waals surface area contributed by atoms with Crippen LogP contribution in [-0.2, 0) is 35.2 Å². The summed E-state index contributed by atoms with van der Waals surface area (Å²) in [5.41, 5.74) is 1.72. The molecule has 0 radical (unpaired) electrons. The number of carbonyl (C=O) groups is 2. The van der Waals surface area contributed by atoms with Crippen molar-refractivity contribution < 1.29 is 32.6 Å². The van der Waals surface area contributed by atoms with E-state index in [9.17, 15) is 22.8 Å². The van der Waals surface area contributed by atoms with Crippen molar-refractivity contribution in [2.24, 2.45) is 0 Å². The second kappa shape index (κ2) is 11.4. The number of benzene rings is 2. The molecule has 1 amide bonds. The summed E-state index contributed by atoms with van der Waals surface area (Å²) in [7, 11) is 0. The van der Waals surface area contributed by atoms with Gasteiger partial charge in [-0.3, -0.25) is 9.59 Å². The standard InChI is InChI=1S/C23H25F3N2O4.ClH/c1-2-16-4-3-15(11-19(16)23(24,25)26)14-32-18-5-6-20-17(12-18)8-10-28(20)21(29)13-27-9-7-22(30)31;/h3-6,11-12,27H,2,7-10,13-14H2,1H3,(H,30,31);1H. The zero-order valence-corrected chi connectivity index (χ0v) is 18.9. The lowest BCUT2D eigenvalue weighted by Gasteiger charge is -2.18. The summed E-state index contributed by atoms with van der Waals surface area (Å²) < 4.78 is 45.5. The van der Waals surface area contributed by atoms with Crippen LogP contribution in [0.2, 0.25) is 0 Å². The van der Waals surface area contributed by atoms with Crippen LogP contribution >= 0.6 is 12.4 Å². The number of carbonyl (C=O) groups excluding carboxylic acids is 1. The van der Waals surface area contributed by atoms with E-state index in [1.807, 2.05) is 0 Å². The molecule has 0 saturated carbocycles. The Morgan fingerprint density at radius 2 is 1.94 bits per heavy atom. The highest BCUT2D eigenvalue weighted by Crippen LogP contribution is 2.34. The van der Waals surface area contributed by atoms with Crippen molar-refractivity contribution in [3.05, 3.63) is 58.7 Å². The van der Waals surface area contributed by atoms with E-state index in [0.29, 0.717) is 30.7 Å². The number of fused-ring (bicyclic) bond motifs is 1. The van der Waals surface area contributed by atoms with Crippen LogP contribution < -0.4 is 15.0 Å². The molecule has 6 nitrogen and oxygen atoms in total. The topological polar surface area (TPSA) is 78.9 Å². The van der Waals surface area contributed by atoms with E-state index in [-0.39, 0.29) is 50.0 Å². The second-order valence-electron chi connectivity index (χ2n) is 7.54. The third-order valence-electron chi connectivity index (χ3n) is 5.31. The maximum atomic E-state index is 13.3. The van der Waals surface area contributed by atoms with Gasteiger partial charge in [0.1, 0.15) is 12.4 Å². The smallest absolute Gasteiger partial charge is 0.416 e. The first kappa shape index (κ1) is 26.5. The minimum Gasteiger partial charge on any atom is -0.489 e. The number of nitrogens with one attached hydrogen (secondary N) is 1. The summed E-state index contributed by atoms with van der Waals surface area (Å²) in [4.78, 5) is 24.6. The molecular formula is C23H26ClF3N2O4. The van der Waals surface area contributed by atoms with Gasteiger partial charge in [-0.15, -0.1) is 12.4 Å². The van der Waals surface area contributed by atoms with E-state index in [1.165, 1.54) is 6.07 Å². The van der Waals surface area contributed by atoms with Crippen LogP contribution in [0, 0.1) is 0 Å². The van der Waals surface area contributed by atoms with Gasteiger partial charge in [-0.1, -0.05) is 19.1 Å². The monoisotopic (exact) mass is 486 g/mol. The summed E-state index contributed by atoms with van der Waals surface area (Å²) in [6.45, 7) is 2.45. The first-order valence-corrected chi connectivity index (χ1v) is 10.4. The number of ether oxygens (including phenoxy) is 1. The van der Waals surface area contributed by atoms with E-state index in [0.717, 1.165) is 17.3 Å². The Morgan fingerprint density at radius 3 is 2.61 bits per heavy atom. The summed E-state index contributed by atoms with van der Waals surface area (Å²) >= 11 is 0. The number of alkyl halides is 3. The first-order valence-electron chi connectivity index (χ1n) is 10.4. The highest BCUT2D eigenvalue weighted by atomic mass is 35.5. The van der Waals surface area contributed by atoms with E-state index in [1.54, 1.807) is 36.1 Å². The average Bonchev–Trinajstić information content (AvgIpc) is 3.17. The van der Waals surface area contributed by atoms with E-state index in [4.69, 9.17) is 9.84 Å². The molecule has 1 heterocycles. The molecule has 180 valence electrons. The maximum absolute atomic E-state index is 13.3. The van der Waals surface area contributed by atoms with Crippen LogP contribution in [0.4, 0.5) is 18.9 Å². The SMILES string of the molecule is CCc1ccc(COc2ccc3c(c2)CCN3C(=O)CNCCC(=O)O)cc1C(F)(F)F.Cl. The predicted octanol–water partition coefficient (Wildman–Crippen LogP) is 4.22. The van der Waals surface area contributed by atoms with Crippen molar-refractivity contribution in [2.75, 3.05) is 24.5 Å². The third kappa shape index (κ3) is 6.85. The molecule has 2 aromatic rings. The number of hydrogen-bond donors (Lipinski definition) is 2. The van der Waals surface area contributed by atoms with Crippen molar-refractivity contribution in [3.8, 4) is 5.75 Å². The molecule has 0 bridgehead atoms. The first-order chi connectivity index (χ1) is 15.2. The Morgan fingerprint density at radius 1 is 1.18 bits per heavy atom. The summed E-state index contributed by atoms with van der Waals surface area (Å²) in [5.74, 6) is -0.566. The Balaban J connectivity index is 0.00000385. The molecule has 0 unspecified atom stereocenters. The van der Waals surface area contributed by atoms with Gasteiger partial charge in [0.05, 0.1) is 18.5 Å². The minimum absolute atomic E-state index is 0. The van der Waals surface area contributed by atoms with Gasteiger partial charge >= 0.3 is 12.1 Å². The highest BCUT2D eigenvalue weighted by Gasteiger charge is 2.33. The number of amides is 1. The van der Waals surface area contributed by atoms with Crippen LogP contribution in [0.5, 0.6) is 5.75 Å². The second-order valence-corrected chi connectivity index (χ2v) is 7.54. The van der Waals surface area contributed by atoms with Gasteiger partial charge in [0.2, 0.25) is 5.91 Å². The number of nitrogens with zero attached hydrogens (tertiary/aromatic N) is 1. The largest absolute Gasteiger partial charge is 0.489 e. The van der Waals surface area contributed by atoms with Crippen molar-refractivity contribution in [2.45, 2.75) is 39.0 Å². The zero-order chi connectivity index (χ0) is 23.3. The average molecular weight is 487 g/mol. The van der Waals surface area contributed by atoms with Crippen molar-refractivity contribution >= 4 is 30.0 Å². The molecule has 3 rings (SSSR count). The number of hydrogen-bond acceptors (Lipinski definition) is 4. The number of aryl methyl sites for hydroxylation is 1. The highest BCUT2D eigenvalue weighted by molar-refractivity contribution is 5.96. The van der Waals surface area contributed by atoms with E-state index >= 15 is 0 Å². The summed E-state index contributed by atoms with van der Waals surface area (Å²) in [6, 6.07) is 9.49. The third-order valence-corrected chi connectivity index (χ3v) is 5.31. The van der Waals surface area contributed by atoms with Crippen LogP contribution in [0.15, 0.2) is 36.4 Å². The molecule has 2 N–H and O–H groups in total. The van der Waals surface area contributed by atoms with Gasteiger partial charge in [0, 0.05) is 18.8 Å². The molecule has 0 fully saturated rings. The molecular weight excluding hydrogens is 461 g/mol. The molecule has 2 aromatic carbocycles. The fourth-order valence-corrected chi connectivity index (χ4v) is 3.67. The molecule has 0 saturated heterocycles. The van der Waals surface area contributed by atoms with Crippen molar-refractivity contribution in [3.63, 3.8) is 0 Å². The minimum atomic E-state index is -4.41. The van der Waals surface area contributed by atoms with Gasteiger partial charge in [-0.05, 0) is 53.8 Å². The number of carboxylic acid groups (broad SMARTS) is 1. The summed E-state index contributed by atoms with van der Waals surface area (Å²) in [5, 5.41) is 11.5. The van der Waals surface area contributed by atoms with Crippen molar-refractivity contribution in [1.82, 2.24) is 5.32 Å². The number of anilines is 1. The van der Waals surface area contributed by atoms with Crippen LogP contribution in [0.25, 0.3) is 0 Å².